The summed E-state index contributed by atoms with van der Waals surface area (Å²) in [5.41, 5.74) is 8.13. The zero-order chi connectivity index (χ0) is 21.3. The van der Waals surface area contributed by atoms with Crippen molar-refractivity contribution in [3.8, 4) is 11.4 Å². The van der Waals surface area contributed by atoms with Crippen LogP contribution in [-0.2, 0) is 6.54 Å². The highest BCUT2D eigenvalue weighted by Crippen LogP contribution is 2.21. The second-order valence-electron chi connectivity index (χ2n) is 6.91. The van der Waals surface area contributed by atoms with Crippen LogP contribution >= 0.6 is 0 Å². The highest BCUT2D eigenvalue weighted by atomic mass is 16.4. The first-order valence-corrected chi connectivity index (χ1v) is 8.98. The Morgan fingerprint density at radius 3 is 2.45 bits per heavy atom. The highest BCUT2D eigenvalue weighted by Gasteiger charge is 2.26. The molecule has 0 unspecified atom stereocenters. The van der Waals surface area contributed by atoms with E-state index in [9.17, 15) is 20.1 Å². The Balaban J connectivity index is 2.22. The van der Waals surface area contributed by atoms with Gasteiger partial charge in [0.25, 0.3) is 5.56 Å². The van der Waals surface area contributed by atoms with Crippen molar-refractivity contribution >= 4 is 17.0 Å². The Bertz CT molecular complexity index is 1100. The van der Waals surface area contributed by atoms with Crippen molar-refractivity contribution < 1.29 is 20.4 Å². The minimum Gasteiger partial charge on any atom is -0.394 e. The van der Waals surface area contributed by atoms with Crippen LogP contribution in [-0.4, -0.2) is 64.9 Å². The summed E-state index contributed by atoms with van der Waals surface area (Å²) in [6, 6.07) is 5.07. The van der Waals surface area contributed by atoms with Gasteiger partial charge in [0, 0.05) is 6.20 Å². The van der Waals surface area contributed by atoms with Gasteiger partial charge in [0.1, 0.15) is 18.3 Å². The van der Waals surface area contributed by atoms with Gasteiger partial charge in [-0.15, -0.1) is 0 Å². The fraction of sp³-hybridized carbons (Fsp3) is 0.368. The minimum atomic E-state index is -1.64. The molecule has 0 fully saturated rings. The molecule has 154 valence electrons. The van der Waals surface area contributed by atoms with Crippen molar-refractivity contribution in [1.29, 1.82) is 0 Å². The molecule has 2 heterocycles. The molecule has 3 aromatic rings. The van der Waals surface area contributed by atoms with Gasteiger partial charge in [-0.05, 0) is 43.2 Å². The van der Waals surface area contributed by atoms with Gasteiger partial charge >= 0.3 is 0 Å². The lowest BCUT2D eigenvalue weighted by Gasteiger charge is -2.23. The molecular formula is C19H23N5O5. The van der Waals surface area contributed by atoms with E-state index in [0.717, 1.165) is 11.1 Å². The first kappa shape index (κ1) is 20.8. The summed E-state index contributed by atoms with van der Waals surface area (Å²) in [5, 5.41) is 39.0. The molecular weight excluding hydrogens is 378 g/mol. The number of nitrogens with two attached hydrogens (primary N) is 1. The van der Waals surface area contributed by atoms with Gasteiger partial charge in [-0.3, -0.25) is 4.79 Å². The summed E-state index contributed by atoms with van der Waals surface area (Å²) < 4.78 is 1.26. The number of fused-ring (bicyclic) bond motifs is 1. The minimum absolute atomic E-state index is 0.0132. The molecule has 0 aliphatic heterocycles. The van der Waals surface area contributed by atoms with Crippen LogP contribution in [0, 0.1) is 13.8 Å². The fourth-order valence-corrected chi connectivity index (χ4v) is 3.01. The predicted molar refractivity (Wildman–Crippen MR) is 106 cm³/mol. The standard InChI is InChI=1S/C19H23N5O5/c1-9-5-12-13(6-10(9)2)24(7-14(26)17(28)15(27)8-25)18(29)16(22-12)11-3-4-21-19(20)23-11/h3-6,14-15,17,25-28H,7-8H2,1-2H3,(H2,20,21,23)/t14-,15+,17-/m0/s1. The number of rotatable bonds is 6. The lowest BCUT2D eigenvalue weighted by atomic mass is 10.1. The SMILES string of the molecule is Cc1cc2nc(-c3ccnc(N)n3)c(=O)n(C[C@H](O)[C@H](O)[C@H](O)CO)c2cc1C. The number of anilines is 1. The van der Waals surface area contributed by atoms with Crippen molar-refractivity contribution in [3.63, 3.8) is 0 Å². The van der Waals surface area contributed by atoms with Crippen LogP contribution in [0.15, 0.2) is 29.2 Å². The zero-order valence-electron chi connectivity index (χ0n) is 16.0. The van der Waals surface area contributed by atoms with E-state index in [1.165, 1.54) is 16.8 Å². The van der Waals surface area contributed by atoms with E-state index in [4.69, 9.17) is 10.8 Å². The molecule has 0 radical (unpaired) electrons. The smallest absolute Gasteiger partial charge is 0.279 e. The van der Waals surface area contributed by atoms with Crippen LogP contribution in [0.3, 0.4) is 0 Å². The molecule has 0 aliphatic carbocycles. The molecule has 3 atom stereocenters. The monoisotopic (exact) mass is 401 g/mol. The van der Waals surface area contributed by atoms with Crippen molar-refractivity contribution in [1.82, 2.24) is 19.5 Å². The largest absolute Gasteiger partial charge is 0.394 e. The Labute approximate surface area is 165 Å². The van der Waals surface area contributed by atoms with Crippen LogP contribution < -0.4 is 11.3 Å². The van der Waals surface area contributed by atoms with Crippen molar-refractivity contribution in [3.05, 3.63) is 45.9 Å². The molecule has 6 N–H and O–H groups in total. The van der Waals surface area contributed by atoms with Gasteiger partial charge in [0.15, 0.2) is 5.69 Å². The Kier molecular flexibility index (Phi) is 5.89. The maximum atomic E-state index is 13.2. The van der Waals surface area contributed by atoms with E-state index >= 15 is 0 Å². The third kappa shape index (κ3) is 4.10. The topological polar surface area (TPSA) is 168 Å². The van der Waals surface area contributed by atoms with Gasteiger partial charge in [0.05, 0.1) is 29.9 Å². The van der Waals surface area contributed by atoms with Gasteiger partial charge in [-0.25, -0.2) is 15.0 Å². The molecule has 0 amide bonds. The molecule has 0 saturated carbocycles. The van der Waals surface area contributed by atoms with Crippen molar-refractivity contribution in [2.24, 2.45) is 0 Å². The third-order valence-corrected chi connectivity index (χ3v) is 4.82. The number of aliphatic hydroxyl groups is 4. The first-order valence-electron chi connectivity index (χ1n) is 8.98. The van der Waals surface area contributed by atoms with E-state index < -0.39 is 30.5 Å². The summed E-state index contributed by atoms with van der Waals surface area (Å²) in [4.78, 5) is 25.5. The van der Waals surface area contributed by atoms with Gasteiger partial charge < -0.3 is 30.7 Å². The highest BCUT2D eigenvalue weighted by molar-refractivity contribution is 5.79. The van der Waals surface area contributed by atoms with Crippen LogP contribution in [0.25, 0.3) is 22.4 Å². The average Bonchev–Trinajstić information content (AvgIpc) is 2.70. The number of benzene rings is 1. The fourth-order valence-electron chi connectivity index (χ4n) is 3.01. The lowest BCUT2D eigenvalue weighted by molar-refractivity contribution is -0.0805. The second kappa shape index (κ2) is 8.21. The first-order chi connectivity index (χ1) is 13.7. The molecule has 1 aromatic carbocycles. The molecule has 0 saturated heterocycles. The molecule has 3 rings (SSSR count). The van der Waals surface area contributed by atoms with Crippen LogP contribution in [0.4, 0.5) is 5.95 Å². The summed E-state index contributed by atoms with van der Waals surface area (Å²) >= 11 is 0. The lowest BCUT2D eigenvalue weighted by Crippen LogP contribution is -2.43. The Morgan fingerprint density at radius 1 is 1.10 bits per heavy atom. The third-order valence-electron chi connectivity index (χ3n) is 4.82. The van der Waals surface area contributed by atoms with Crippen molar-refractivity contribution in [2.75, 3.05) is 12.3 Å². The number of aromatic nitrogens is 4. The Morgan fingerprint density at radius 2 is 1.79 bits per heavy atom. The second-order valence-corrected chi connectivity index (χ2v) is 6.91. The zero-order valence-corrected chi connectivity index (χ0v) is 16.0. The Hall–Kier alpha value is -2.92. The number of hydrogen-bond acceptors (Lipinski definition) is 9. The summed E-state index contributed by atoms with van der Waals surface area (Å²) in [6.45, 7) is 2.73. The summed E-state index contributed by atoms with van der Waals surface area (Å²) in [6.07, 6.45) is -3.28. The molecule has 0 bridgehead atoms. The van der Waals surface area contributed by atoms with Gasteiger partial charge in [0.2, 0.25) is 5.95 Å². The average molecular weight is 401 g/mol. The number of hydrogen-bond donors (Lipinski definition) is 5. The molecule has 2 aromatic heterocycles. The summed E-state index contributed by atoms with van der Waals surface area (Å²) in [7, 11) is 0. The van der Waals surface area contributed by atoms with Gasteiger partial charge in [-0.1, -0.05) is 0 Å². The molecule has 0 aliphatic rings. The van der Waals surface area contributed by atoms with E-state index in [2.05, 4.69) is 15.0 Å². The number of nitrogen functional groups attached to an aromatic ring is 1. The van der Waals surface area contributed by atoms with Crippen LogP contribution in [0.1, 0.15) is 11.1 Å². The number of nitrogens with zero attached hydrogens (tertiary/aromatic N) is 4. The van der Waals surface area contributed by atoms with Crippen molar-refractivity contribution in [2.45, 2.75) is 38.7 Å². The maximum Gasteiger partial charge on any atom is 0.279 e. The van der Waals surface area contributed by atoms with E-state index in [1.807, 2.05) is 13.8 Å². The number of aryl methyl sites for hydroxylation is 2. The predicted octanol–water partition coefficient (Wildman–Crippen LogP) is -0.872. The van der Waals surface area contributed by atoms with E-state index in [1.54, 1.807) is 12.1 Å². The number of aliphatic hydroxyl groups excluding tert-OH is 4. The molecule has 29 heavy (non-hydrogen) atoms. The van der Waals surface area contributed by atoms with E-state index in [-0.39, 0.29) is 23.9 Å². The van der Waals surface area contributed by atoms with Crippen LogP contribution in [0.2, 0.25) is 0 Å². The normalized spacial score (nSPS) is 14.7. The molecule has 10 nitrogen and oxygen atoms in total. The molecule has 0 spiro atoms. The maximum absolute atomic E-state index is 13.2. The van der Waals surface area contributed by atoms with Gasteiger partial charge in [-0.2, -0.15) is 0 Å². The van der Waals surface area contributed by atoms with Crippen LogP contribution in [0.5, 0.6) is 0 Å². The molecule has 10 heteroatoms. The van der Waals surface area contributed by atoms with E-state index in [0.29, 0.717) is 11.0 Å². The quantitative estimate of drug-likeness (QED) is 0.352. The summed E-state index contributed by atoms with van der Waals surface area (Å²) in [5.74, 6) is -0.0167.